The third kappa shape index (κ3) is 4.28. The van der Waals surface area contributed by atoms with Crippen LogP contribution >= 0.6 is 0 Å². The van der Waals surface area contributed by atoms with Crippen molar-refractivity contribution in [2.45, 2.75) is 46.2 Å². The van der Waals surface area contributed by atoms with E-state index < -0.39 is 0 Å². The lowest BCUT2D eigenvalue weighted by atomic mass is 10.1. The molecule has 5 nitrogen and oxygen atoms in total. The molecule has 5 heteroatoms. The molecule has 1 aliphatic heterocycles. The van der Waals surface area contributed by atoms with E-state index in [2.05, 4.69) is 23.8 Å². The molecule has 0 spiro atoms. The van der Waals surface area contributed by atoms with E-state index in [1.807, 2.05) is 0 Å². The quantitative estimate of drug-likeness (QED) is 0.706. The number of methoxy groups -OCH3 is 1. The summed E-state index contributed by atoms with van der Waals surface area (Å²) in [5.74, 6) is 0.620. The molecule has 2 heterocycles. The van der Waals surface area contributed by atoms with Crippen molar-refractivity contribution in [3.8, 4) is 0 Å². The molecule has 1 saturated heterocycles. The molecule has 0 bridgehead atoms. The van der Waals surface area contributed by atoms with Gasteiger partial charge in [-0.15, -0.1) is 0 Å². The van der Waals surface area contributed by atoms with Crippen LogP contribution < -0.4 is 5.32 Å². The van der Waals surface area contributed by atoms with Crippen molar-refractivity contribution >= 4 is 0 Å². The van der Waals surface area contributed by atoms with Gasteiger partial charge in [0.2, 0.25) is 0 Å². The fraction of sp³-hybridized carbons (Fsp3) is 0.812. The van der Waals surface area contributed by atoms with Crippen molar-refractivity contribution < 1.29 is 9.47 Å². The number of aromatic nitrogens is 2. The topological polar surface area (TPSA) is 48.3 Å². The maximum atomic E-state index is 5.49. The highest BCUT2D eigenvalue weighted by molar-refractivity contribution is 5.26. The zero-order valence-electron chi connectivity index (χ0n) is 13.7. The Labute approximate surface area is 128 Å². The van der Waals surface area contributed by atoms with Gasteiger partial charge < -0.3 is 14.8 Å². The normalized spacial score (nSPS) is 18.5. The molecule has 120 valence electrons. The summed E-state index contributed by atoms with van der Waals surface area (Å²) in [6.45, 7) is 9.69. The number of hydrogen-bond acceptors (Lipinski definition) is 4. The van der Waals surface area contributed by atoms with Crippen LogP contribution in [0.2, 0.25) is 0 Å². The van der Waals surface area contributed by atoms with Crippen LogP contribution in [0.15, 0.2) is 0 Å². The molecule has 0 aliphatic carbocycles. The number of nitrogens with zero attached hydrogens (tertiary/aromatic N) is 2. The first-order chi connectivity index (χ1) is 10.3. The molecular formula is C16H29N3O2. The number of ether oxygens (including phenoxy) is 2. The second-order valence-electron chi connectivity index (χ2n) is 5.66. The van der Waals surface area contributed by atoms with E-state index in [-0.39, 0.29) is 0 Å². The van der Waals surface area contributed by atoms with Gasteiger partial charge >= 0.3 is 0 Å². The van der Waals surface area contributed by atoms with Crippen molar-refractivity contribution in [3.05, 3.63) is 17.0 Å². The highest BCUT2D eigenvalue weighted by atomic mass is 16.5. The Kier molecular flexibility index (Phi) is 6.67. The Hall–Kier alpha value is -0.910. The summed E-state index contributed by atoms with van der Waals surface area (Å²) in [6, 6.07) is 0. The second-order valence-corrected chi connectivity index (χ2v) is 5.66. The Balaban J connectivity index is 2.07. The monoisotopic (exact) mass is 295 g/mol. The van der Waals surface area contributed by atoms with Crippen molar-refractivity contribution in [1.82, 2.24) is 15.1 Å². The summed E-state index contributed by atoms with van der Waals surface area (Å²) in [5.41, 5.74) is 3.99. The van der Waals surface area contributed by atoms with E-state index in [0.29, 0.717) is 5.92 Å². The summed E-state index contributed by atoms with van der Waals surface area (Å²) in [6.07, 6.45) is 3.18. The largest absolute Gasteiger partial charge is 0.383 e. The third-order valence-electron chi connectivity index (χ3n) is 4.16. The second kappa shape index (κ2) is 8.51. The van der Waals surface area contributed by atoms with E-state index in [1.54, 1.807) is 7.11 Å². The number of hydrogen-bond donors (Lipinski definition) is 1. The smallest absolute Gasteiger partial charge is 0.0669 e. The lowest BCUT2D eigenvalue weighted by Gasteiger charge is -2.12. The molecular weight excluding hydrogens is 266 g/mol. The minimum atomic E-state index is 0.620. The fourth-order valence-electron chi connectivity index (χ4n) is 2.98. The molecule has 21 heavy (non-hydrogen) atoms. The predicted molar refractivity (Wildman–Crippen MR) is 83.5 cm³/mol. The zero-order chi connectivity index (χ0) is 15.1. The van der Waals surface area contributed by atoms with Gasteiger partial charge in [-0.05, 0) is 19.3 Å². The number of nitrogens with one attached hydrogen (secondary N) is 1. The first kappa shape index (κ1) is 16.5. The molecule has 1 aromatic heterocycles. The van der Waals surface area contributed by atoms with Crippen molar-refractivity contribution in [3.63, 3.8) is 0 Å². The van der Waals surface area contributed by atoms with E-state index in [0.717, 1.165) is 58.7 Å². The van der Waals surface area contributed by atoms with Gasteiger partial charge in [0.25, 0.3) is 0 Å². The van der Waals surface area contributed by atoms with Gasteiger partial charge in [-0.25, -0.2) is 0 Å². The maximum absolute atomic E-state index is 5.49. The van der Waals surface area contributed by atoms with Gasteiger partial charge in [0.1, 0.15) is 0 Å². The van der Waals surface area contributed by atoms with Gasteiger partial charge in [0, 0.05) is 50.5 Å². The Bertz CT molecular complexity index is 425. The van der Waals surface area contributed by atoms with Gasteiger partial charge in [-0.1, -0.05) is 13.8 Å². The first-order valence-electron chi connectivity index (χ1n) is 8.14. The standard InChI is InChI=1S/C16H29N3O2/c1-4-15-14(10-17-7-9-20-3)16(5-2)19(18-15)11-13-6-8-21-12-13/h13,17H,4-12H2,1-3H3. The molecule has 0 radical (unpaired) electrons. The third-order valence-corrected chi connectivity index (χ3v) is 4.16. The minimum absolute atomic E-state index is 0.620. The molecule has 1 fully saturated rings. The van der Waals surface area contributed by atoms with Crippen molar-refractivity contribution in [1.29, 1.82) is 0 Å². The Morgan fingerprint density at radius 3 is 2.86 bits per heavy atom. The number of rotatable bonds is 9. The maximum Gasteiger partial charge on any atom is 0.0669 e. The van der Waals surface area contributed by atoms with Gasteiger partial charge in [0.05, 0.1) is 18.9 Å². The molecule has 0 saturated carbocycles. The Morgan fingerprint density at radius 2 is 2.24 bits per heavy atom. The highest BCUT2D eigenvalue weighted by Gasteiger charge is 2.21. The van der Waals surface area contributed by atoms with E-state index >= 15 is 0 Å². The highest BCUT2D eigenvalue weighted by Crippen LogP contribution is 2.20. The lowest BCUT2D eigenvalue weighted by Crippen LogP contribution is -2.20. The molecule has 1 aliphatic rings. The number of aryl methyl sites for hydroxylation is 1. The average molecular weight is 295 g/mol. The van der Waals surface area contributed by atoms with Crippen LogP contribution in [-0.4, -0.2) is 43.3 Å². The first-order valence-corrected chi connectivity index (χ1v) is 8.14. The van der Waals surface area contributed by atoms with Gasteiger partial charge in [-0.3, -0.25) is 4.68 Å². The van der Waals surface area contributed by atoms with E-state index in [9.17, 15) is 0 Å². The molecule has 1 N–H and O–H groups in total. The van der Waals surface area contributed by atoms with Gasteiger partial charge in [0.15, 0.2) is 0 Å². The van der Waals surface area contributed by atoms with Gasteiger partial charge in [-0.2, -0.15) is 5.10 Å². The van der Waals surface area contributed by atoms with Crippen LogP contribution in [-0.2, 0) is 35.4 Å². The minimum Gasteiger partial charge on any atom is -0.383 e. The SMILES string of the molecule is CCc1nn(CC2CCOC2)c(CC)c1CNCCOC. The van der Waals surface area contributed by atoms with Crippen molar-refractivity contribution in [2.75, 3.05) is 33.5 Å². The molecule has 1 aromatic rings. The summed E-state index contributed by atoms with van der Waals surface area (Å²) in [4.78, 5) is 0. The average Bonchev–Trinajstić information content (AvgIpc) is 3.11. The summed E-state index contributed by atoms with van der Waals surface area (Å²) in [5, 5.41) is 8.31. The lowest BCUT2D eigenvalue weighted by molar-refractivity contribution is 0.181. The van der Waals surface area contributed by atoms with Crippen LogP contribution in [0.5, 0.6) is 0 Å². The summed E-state index contributed by atoms with van der Waals surface area (Å²) >= 11 is 0. The molecule has 0 amide bonds. The van der Waals surface area contributed by atoms with Crippen LogP contribution in [0.3, 0.4) is 0 Å². The fourth-order valence-corrected chi connectivity index (χ4v) is 2.98. The molecule has 2 rings (SSSR count). The molecule has 1 unspecified atom stereocenters. The Morgan fingerprint density at radius 1 is 1.38 bits per heavy atom. The van der Waals surface area contributed by atoms with Crippen molar-refractivity contribution in [2.24, 2.45) is 5.92 Å². The van der Waals surface area contributed by atoms with Crippen LogP contribution in [0.1, 0.15) is 37.2 Å². The molecule has 1 atom stereocenters. The zero-order valence-corrected chi connectivity index (χ0v) is 13.7. The van der Waals surface area contributed by atoms with E-state index in [1.165, 1.54) is 17.0 Å². The summed E-state index contributed by atoms with van der Waals surface area (Å²) < 4.78 is 12.8. The predicted octanol–water partition coefficient (Wildman–Crippen LogP) is 1.78. The van der Waals surface area contributed by atoms with Crippen LogP contribution in [0, 0.1) is 5.92 Å². The van der Waals surface area contributed by atoms with Crippen LogP contribution in [0.25, 0.3) is 0 Å². The van der Waals surface area contributed by atoms with E-state index in [4.69, 9.17) is 14.6 Å². The summed E-state index contributed by atoms with van der Waals surface area (Å²) in [7, 11) is 1.73. The van der Waals surface area contributed by atoms with Crippen LogP contribution in [0.4, 0.5) is 0 Å². The molecule has 0 aromatic carbocycles.